The lowest BCUT2D eigenvalue weighted by molar-refractivity contribution is -0.218. The maximum absolute atomic E-state index is 12.1. The number of carbonyl (C=O) groups excluding carboxylic acids is 1. The number of alkyl halides is 3. The minimum atomic E-state index is -5.84. The third-order valence-electron chi connectivity index (χ3n) is 2.53. The van der Waals surface area contributed by atoms with E-state index >= 15 is 0 Å². The van der Waals surface area contributed by atoms with E-state index in [2.05, 4.69) is 4.40 Å². The molecule has 0 aromatic heterocycles. The van der Waals surface area contributed by atoms with Crippen LogP contribution in [0.3, 0.4) is 0 Å². The third-order valence-corrected chi connectivity index (χ3v) is 7.51. The molecule has 0 aliphatic heterocycles. The van der Waals surface area contributed by atoms with Crippen LogP contribution in [0.4, 0.5) is 13.2 Å². The van der Waals surface area contributed by atoms with Crippen LogP contribution in [0.1, 0.15) is 23.2 Å². The summed E-state index contributed by atoms with van der Waals surface area (Å²) in [6.07, 6.45) is -0.748. The molecule has 0 amide bonds. The molecule has 0 spiro atoms. The second-order valence-electron chi connectivity index (χ2n) is 4.36. The van der Waals surface area contributed by atoms with Crippen molar-refractivity contribution in [3.8, 4) is 0 Å². The summed E-state index contributed by atoms with van der Waals surface area (Å²) in [5.41, 5.74) is -5.27. The van der Waals surface area contributed by atoms with E-state index in [-0.39, 0.29) is 13.0 Å². The summed E-state index contributed by atoms with van der Waals surface area (Å²) in [6.45, 7) is -0.260. The van der Waals surface area contributed by atoms with Crippen molar-refractivity contribution in [3.05, 3.63) is 28.4 Å². The van der Waals surface area contributed by atoms with Gasteiger partial charge in [-0.25, -0.2) is 4.79 Å². The molecule has 1 aromatic rings. The highest BCUT2D eigenvalue weighted by molar-refractivity contribution is 14.1. The van der Waals surface area contributed by atoms with Crippen LogP contribution in [-0.2, 0) is 14.8 Å². The number of benzene rings is 1. The van der Waals surface area contributed by atoms with Crippen LogP contribution in [0, 0.1) is 10.7 Å². The molecule has 0 atom stereocenters. The zero-order valence-corrected chi connectivity index (χ0v) is 19.2. The van der Waals surface area contributed by atoms with Gasteiger partial charge in [-0.1, -0.05) is 0 Å². The van der Waals surface area contributed by atoms with Gasteiger partial charge in [0.25, 0.3) is 0 Å². The van der Waals surface area contributed by atoms with Crippen molar-refractivity contribution in [2.45, 2.75) is 18.3 Å². The van der Waals surface area contributed by atoms with Crippen LogP contribution in [0.5, 0.6) is 0 Å². The minimum absolute atomic E-state index is 0.154. The maximum Gasteiger partial charge on any atom is 0.518 e. The van der Waals surface area contributed by atoms with Crippen LogP contribution in [0.15, 0.2) is 16.5 Å². The molecule has 0 aliphatic rings. The van der Waals surface area contributed by atoms with Crippen LogP contribution < -0.4 is 5.11 Å². The van der Waals surface area contributed by atoms with E-state index < -0.39 is 33.8 Å². The Balaban J connectivity index is 2.62. The first-order valence-electron chi connectivity index (χ1n) is 6.24. The molecule has 6 nitrogen and oxygen atoms in total. The number of hydrogen-bond donors (Lipinski definition) is 0. The van der Waals surface area contributed by atoms with E-state index in [4.69, 9.17) is 4.74 Å². The molecule has 0 aliphatic carbocycles. The van der Waals surface area contributed by atoms with Gasteiger partial charge < -0.3 is 9.84 Å². The molecular weight excluding hydrogens is 708 g/mol. The average molecular weight is 716 g/mol. The van der Waals surface area contributed by atoms with Gasteiger partial charge in [-0.3, -0.25) is 0 Å². The van der Waals surface area contributed by atoms with E-state index in [1.807, 2.05) is 73.8 Å². The lowest BCUT2D eigenvalue weighted by atomic mass is 10.2. The van der Waals surface area contributed by atoms with Gasteiger partial charge in [-0.15, -0.1) is 0 Å². The number of hydrogen-bond acceptors (Lipinski definition) is 5. The molecular formula is C12H8F3I3NO5S-. The highest BCUT2D eigenvalue weighted by Crippen LogP contribution is 2.26. The molecule has 0 saturated carbocycles. The van der Waals surface area contributed by atoms with Crippen molar-refractivity contribution in [2.75, 3.05) is 6.61 Å². The molecule has 25 heavy (non-hydrogen) atoms. The number of ether oxygens (including phenoxy) is 1. The fraction of sp³-hybridized carbons (Fsp3) is 0.333. The SMILES string of the molecule is O=C(OCCC/C([O-])=N/S(=O)(=O)C(F)(F)F)c1c(I)ccc(I)c1I. The molecule has 13 heteroatoms. The smallest absolute Gasteiger partial charge is 0.518 e. The van der Waals surface area contributed by atoms with E-state index in [9.17, 15) is 31.5 Å². The van der Waals surface area contributed by atoms with Crippen LogP contribution >= 0.6 is 67.8 Å². The van der Waals surface area contributed by atoms with Gasteiger partial charge in [0.2, 0.25) is 0 Å². The Labute approximate surface area is 182 Å². The maximum atomic E-state index is 12.1. The molecule has 0 unspecified atom stereocenters. The lowest BCUT2D eigenvalue weighted by Gasteiger charge is -2.12. The number of esters is 1. The van der Waals surface area contributed by atoms with Gasteiger partial charge in [0.1, 0.15) is 0 Å². The van der Waals surface area contributed by atoms with Crippen molar-refractivity contribution in [3.63, 3.8) is 0 Å². The summed E-state index contributed by atoms with van der Waals surface area (Å²) in [4.78, 5) is 12.1. The first-order chi connectivity index (χ1) is 11.4. The Kier molecular flexibility index (Phi) is 8.64. The van der Waals surface area contributed by atoms with Crippen molar-refractivity contribution < 1.29 is 36.2 Å². The lowest BCUT2D eigenvalue weighted by Crippen LogP contribution is -2.26. The minimum Gasteiger partial charge on any atom is -0.861 e. The largest absolute Gasteiger partial charge is 0.861 e. The molecule has 0 saturated heterocycles. The van der Waals surface area contributed by atoms with E-state index in [0.717, 1.165) is 3.57 Å². The predicted molar refractivity (Wildman–Crippen MR) is 107 cm³/mol. The van der Waals surface area contributed by atoms with E-state index in [1.54, 1.807) is 6.07 Å². The molecule has 1 rings (SSSR count). The Hall–Kier alpha value is 0.0900. The summed E-state index contributed by atoms with van der Waals surface area (Å²) >= 11 is 5.99. The number of rotatable bonds is 6. The molecule has 0 heterocycles. The molecule has 1 aromatic carbocycles. The highest BCUT2D eigenvalue weighted by atomic mass is 127. The van der Waals surface area contributed by atoms with Crippen molar-refractivity contribution >= 4 is 89.7 Å². The van der Waals surface area contributed by atoms with E-state index in [0.29, 0.717) is 12.7 Å². The van der Waals surface area contributed by atoms with Crippen molar-refractivity contribution in [1.82, 2.24) is 0 Å². The monoisotopic (exact) mass is 716 g/mol. The first kappa shape index (κ1) is 23.1. The zero-order valence-electron chi connectivity index (χ0n) is 11.9. The first-order valence-corrected chi connectivity index (χ1v) is 10.9. The van der Waals surface area contributed by atoms with Gasteiger partial charge in [0.15, 0.2) is 0 Å². The number of nitrogens with zero attached hydrogens (tertiary/aromatic N) is 1. The molecule has 0 N–H and O–H groups in total. The number of sulfonamides is 1. The van der Waals surface area contributed by atoms with Crippen molar-refractivity contribution in [1.29, 1.82) is 0 Å². The third kappa shape index (κ3) is 6.64. The Morgan fingerprint density at radius 1 is 1.20 bits per heavy atom. The van der Waals surface area contributed by atoms with E-state index in [1.165, 1.54) is 0 Å². The second-order valence-corrected chi connectivity index (χ2v) is 9.36. The van der Waals surface area contributed by atoms with Gasteiger partial charge in [-0.2, -0.15) is 26.0 Å². The second kappa shape index (κ2) is 9.34. The van der Waals surface area contributed by atoms with Crippen LogP contribution in [0.25, 0.3) is 0 Å². The summed E-state index contributed by atoms with van der Waals surface area (Å²) in [5, 5.41) is 11.2. The Bertz CT molecular complexity index is 796. The quantitative estimate of drug-likeness (QED) is 0.113. The van der Waals surface area contributed by atoms with Gasteiger partial charge in [0, 0.05) is 10.7 Å². The van der Waals surface area contributed by atoms with Gasteiger partial charge in [-0.05, 0) is 98.6 Å². The summed E-state index contributed by atoms with van der Waals surface area (Å²) in [7, 11) is -5.84. The van der Waals surface area contributed by atoms with Crippen molar-refractivity contribution in [2.24, 2.45) is 4.40 Å². The fourth-order valence-electron chi connectivity index (χ4n) is 1.41. The Morgan fingerprint density at radius 3 is 2.32 bits per heavy atom. The number of halogens is 6. The van der Waals surface area contributed by atoms with Crippen LogP contribution in [-0.4, -0.2) is 32.4 Å². The topological polar surface area (TPSA) is 95.9 Å². The van der Waals surface area contributed by atoms with Gasteiger partial charge in [0.05, 0.1) is 12.2 Å². The number of carbonyl (C=O) groups is 1. The molecule has 140 valence electrons. The fourth-order valence-corrected chi connectivity index (χ4v) is 4.19. The zero-order chi connectivity index (χ0) is 19.4. The van der Waals surface area contributed by atoms with Crippen LogP contribution in [0.2, 0.25) is 0 Å². The summed E-state index contributed by atoms with van der Waals surface area (Å²) in [5.74, 6) is -2.09. The molecule has 0 fully saturated rings. The summed E-state index contributed by atoms with van der Waals surface area (Å²) in [6, 6.07) is 3.55. The molecule has 0 bridgehead atoms. The Morgan fingerprint density at radius 2 is 1.76 bits per heavy atom. The predicted octanol–water partition coefficient (Wildman–Crippen LogP) is 3.05. The average Bonchev–Trinajstić information content (AvgIpc) is 2.46. The highest BCUT2D eigenvalue weighted by Gasteiger charge is 2.45. The standard InChI is InChI=1S/C12H9F3I3NO5S/c13-12(14,15)25(22,23)19-8(20)2-1-5-24-11(21)9-6(16)3-4-7(17)10(9)18/h3-4H,1-2,5H2,(H,19,20)/p-1. The molecule has 0 radical (unpaired) electrons. The van der Waals surface area contributed by atoms with Gasteiger partial charge >= 0.3 is 21.5 Å². The normalized spacial score (nSPS) is 13.0. The summed E-state index contributed by atoms with van der Waals surface area (Å²) < 4.78 is 67.0.